The summed E-state index contributed by atoms with van der Waals surface area (Å²) in [5.74, 6) is 0.166. The van der Waals surface area contributed by atoms with Crippen LogP contribution in [-0.4, -0.2) is 34.0 Å². The van der Waals surface area contributed by atoms with Gasteiger partial charge in [0.05, 0.1) is 0 Å². The van der Waals surface area contributed by atoms with Crippen LogP contribution in [0.3, 0.4) is 0 Å². The molecule has 98 valence electrons. The average Bonchev–Trinajstić information content (AvgIpc) is 2.58. The minimum atomic E-state index is -0.677. The fourth-order valence-corrected chi connectivity index (χ4v) is 3.47. The molecule has 2 rings (SSSR count). The maximum Gasteiger partial charge on any atom is 0.410 e. The van der Waals surface area contributed by atoms with Crippen molar-refractivity contribution in [3.63, 3.8) is 0 Å². The Morgan fingerprint density at radius 3 is 2.47 bits per heavy atom. The molecule has 1 aliphatic carbocycles. The Balaban J connectivity index is 1.97. The molecule has 1 saturated heterocycles. The topological polar surface area (TPSA) is 29.5 Å². The van der Waals surface area contributed by atoms with Gasteiger partial charge in [0.2, 0.25) is 0 Å². The first-order valence-corrected chi connectivity index (χ1v) is 6.69. The van der Waals surface area contributed by atoms with E-state index in [9.17, 15) is 4.79 Å². The number of piperidine rings is 1. The molecule has 0 aromatic carbocycles. The lowest BCUT2D eigenvalue weighted by molar-refractivity contribution is 0.0184. The summed E-state index contributed by atoms with van der Waals surface area (Å²) in [6.07, 6.45) is 0.569. The van der Waals surface area contributed by atoms with Gasteiger partial charge in [0.15, 0.2) is 0 Å². The number of carbonyl (C=O) groups excluding carboxylic acids is 1. The third-order valence-electron chi connectivity index (χ3n) is 3.84. The van der Waals surface area contributed by atoms with E-state index in [-0.39, 0.29) is 17.4 Å². The van der Waals surface area contributed by atoms with E-state index in [0.717, 1.165) is 6.42 Å². The van der Waals surface area contributed by atoms with Gasteiger partial charge in [0.25, 0.3) is 0 Å². The number of halogens is 2. The van der Waals surface area contributed by atoms with Crippen LogP contribution in [0.4, 0.5) is 4.79 Å². The highest BCUT2D eigenvalue weighted by molar-refractivity contribution is 6.51. The molecule has 1 aliphatic heterocycles. The molecule has 1 amide bonds. The number of alkyl halides is 2. The molecule has 2 unspecified atom stereocenters. The van der Waals surface area contributed by atoms with Crippen LogP contribution >= 0.6 is 23.2 Å². The number of nitrogens with zero attached hydrogens (tertiary/aromatic N) is 1. The normalized spacial score (nSPS) is 35.2. The Morgan fingerprint density at radius 1 is 1.41 bits per heavy atom. The van der Waals surface area contributed by atoms with Gasteiger partial charge in [-0.2, -0.15) is 0 Å². The van der Waals surface area contributed by atoms with E-state index in [4.69, 9.17) is 27.9 Å². The molecular formula is C12H19Cl2NO2. The summed E-state index contributed by atoms with van der Waals surface area (Å²) in [4.78, 5) is 13.6. The molecule has 1 heterocycles. The van der Waals surface area contributed by atoms with Gasteiger partial charge in [-0.1, -0.05) is 6.92 Å². The molecule has 0 N–H and O–H groups in total. The third-order valence-corrected chi connectivity index (χ3v) is 5.23. The predicted molar refractivity (Wildman–Crippen MR) is 68.5 cm³/mol. The second-order valence-corrected chi connectivity index (χ2v) is 7.66. The predicted octanol–water partition coefficient (Wildman–Crippen LogP) is 3.44. The van der Waals surface area contributed by atoms with Crippen LogP contribution in [0.5, 0.6) is 0 Å². The molecule has 2 atom stereocenters. The van der Waals surface area contributed by atoms with Crippen LogP contribution in [0.2, 0.25) is 0 Å². The number of amides is 1. The molecule has 0 bridgehead atoms. The van der Waals surface area contributed by atoms with E-state index >= 15 is 0 Å². The zero-order valence-electron chi connectivity index (χ0n) is 10.7. The van der Waals surface area contributed by atoms with Crippen LogP contribution in [-0.2, 0) is 4.74 Å². The summed E-state index contributed by atoms with van der Waals surface area (Å²) in [5, 5.41) is 0. The fourth-order valence-electron chi connectivity index (χ4n) is 2.50. The summed E-state index contributed by atoms with van der Waals surface area (Å²) < 4.78 is 4.67. The average molecular weight is 280 g/mol. The lowest BCUT2D eigenvalue weighted by Gasteiger charge is -2.31. The number of hydrogen-bond acceptors (Lipinski definition) is 2. The first kappa shape index (κ1) is 13.3. The van der Waals surface area contributed by atoms with Crippen molar-refractivity contribution < 1.29 is 9.53 Å². The second-order valence-electron chi connectivity index (χ2n) is 6.27. The van der Waals surface area contributed by atoms with Crippen LogP contribution in [0.15, 0.2) is 0 Å². The monoisotopic (exact) mass is 279 g/mol. The number of hydrogen-bond donors (Lipinski definition) is 0. The molecule has 5 heteroatoms. The Hall–Kier alpha value is -0.150. The van der Waals surface area contributed by atoms with E-state index in [1.165, 1.54) is 0 Å². The molecule has 0 aromatic rings. The van der Waals surface area contributed by atoms with Crippen molar-refractivity contribution in [3.05, 3.63) is 0 Å². The Bertz CT molecular complexity index is 351. The highest BCUT2D eigenvalue weighted by Gasteiger charge is 2.74. The van der Waals surface area contributed by atoms with E-state index in [0.29, 0.717) is 13.1 Å². The Kier molecular flexibility index (Phi) is 2.87. The van der Waals surface area contributed by atoms with E-state index in [2.05, 4.69) is 6.92 Å². The lowest BCUT2D eigenvalue weighted by atomic mass is 9.98. The maximum atomic E-state index is 11.9. The molecule has 0 aromatic heterocycles. The minimum Gasteiger partial charge on any atom is -0.444 e. The first-order valence-electron chi connectivity index (χ1n) is 5.94. The highest BCUT2D eigenvalue weighted by atomic mass is 35.5. The maximum absolute atomic E-state index is 11.9. The van der Waals surface area contributed by atoms with E-state index < -0.39 is 9.93 Å². The number of rotatable bonds is 0. The molecule has 2 fully saturated rings. The molecular weight excluding hydrogens is 261 g/mol. The third kappa shape index (κ3) is 2.12. The first-order chi connectivity index (χ1) is 7.58. The molecule has 0 radical (unpaired) electrons. The van der Waals surface area contributed by atoms with Gasteiger partial charge in [-0.15, -0.1) is 23.2 Å². The summed E-state index contributed by atoms with van der Waals surface area (Å²) in [7, 11) is 0. The number of carbonyl (C=O) groups is 1. The van der Waals surface area contributed by atoms with Crippen molar-refractivity contribution in [2.45, 2.75) is 44.1 Å². The van der Waals surface area contributed by atoms with Crippen LogP contribution in [0, 0.1) is 11.3 Å². The molecule has 0 spiro atoms. The quantitative estimate of drug-likeness (QED) is 0.636. The van der Waals surface area contributed by atoms with Gasteiger partial charge in [0.1, 0.15) is 9.93 Å². The minimum absolute atomic E-state index is 0.0331. The van der Waals surface area contributed by atoms with Crippen LogP contribution < -0.4 is 0 Å². The van der Waals surface area contributed by atoms with Gasteiger partial charge in [0, 0.05) is 24.4 Å². The van der Waals surface area contributed by atoms with E-state index in [1.807, 2.05) is 20.8 Å². The number of ether oxygens (including phenoxy) is 1. The summed E-state index contributed by atoms with van der Waals surface area (Å²) >= 11 is 12.5. The Morgan fingerprint density at radius 2 is 2.00 bits per heavy atom. The number of likely N-dealkylation sites (tertiary alicyclic amines) is 1. The van der Waals surface area contributed by atoms with Crippen molar-refractivity contribution in [3.8, 4) is 0 Å². The van der Waals surface area contributed by atoms with Gasteiger partial charge in [-0.05, 0) is 27.2 Å². The van der Waals surface area contributed by atoms with Crippen LogP contribution in [0.25, 0.3) is 0 Å². The second kappa shape index (κ2) is 3.67. The van der Waals surface area contributed by atoms with Gasteiger partial charge in [-0.25, -0.2) is 4.79 Å². The smallest absolute Gasteiger partial charge is 0.410 e. The molecule has 17 heavy (non-hydrogen) atoms. The van der Waals surface area contributed by atoms with Crippen molar-refractivity contribution in [2.24, 2.45) is 11.3 Å². The molecule has 3 nitrogen and oxygen atoms in total. The largest absolute Gasteiger partial charge is 0.444 e. The van der Waals surface area contributed by atoms with Gasteiger partial charge < -0.3 is 9.64 Å². The van der Waals surface area contributed by atoms with Gasteiger partial charge in [-0.3, -0.25) is 0 Å². The zero-order chi connectivity index (χ0) is 13.1. The van der Waals surface area contributed by atoms with E-state index in [1.54, 1.807) is 4.90 Å². The molecule has 2 aliphatic rings. The van der Waals surface area contributed by atoms with Crippen molar-refractivity contribution in [1.82, 2.24) is 4.90 Å². The standard InChI is InChI=1S/C12H19Cl2NO2/c1-10(2,3)17-9(16)15-6-5-11(4)8(7-15)12(11,13)14/h8H,5-7H2,1-4H3. The lowest BCUT2D eigenvalue weighted by Crippen LogP contribution is -2.42. The summed E-state index contributed by atoms with van der Waals surface area (Å²) in [6, 6.07) is 0. The Labute approximate surface area is 112 Å². The van der Waals surface area contributed by atoms with Crippen molar-refractivity contribution >= 4 is 29.3 Å². The zero-order valence-corrected chi connectivity index (χ0v) is 12.2. The van der Waals surface area contributed by atoms with Crippen LogP contribution in [0.1, 0.15) is 34.1 Å². The van der Waals surface area contributed by atoms with Gasteiger partial charge >= 0.3 is 6.09 Å². The summed E-state index contributed by atoms with van der Waals surface area (Å²) in [5.41, 5.74) is -0.491. The van der Waals surface area contributed by atoms with Crippen molar-refractivity contribution in [2.75, 3.05) is 13.1 Å². The fraction of sp³-hybridized carbons (Fsp3) is 0.917. The molecule has 1 saturated carbocycles. The summed E-state index contributed by atoms with van der Waals surface area (Å²) in [6.45, 7) is 8.95. The van der Waals surface area contributed by atoms with Crippen molar-refractivity contribution in [1.29, 1.82) is 0 Å². The number of fused-ring (bicyclic) bond motifs is 1. The highest BCUT2D eigenvalue weighted by Crippen LogP contribution is 2.72. The SMILES string of the molecule is CC(C)(C)OC(=O)N1CCC2(C)C(C1)C2(Cl)Cl.